The van der Waals surface area contributed by atoms with Crippen LogP contribution in [0.4, 0.5) is 0 Å². The van der Waals surface area contributed by atoms with Crippen LogP contribution in [0.2, 0.25) is 0 Å². The van der Waals surface area contributed by atoms with Gasteiger partial charge < -0.3 is 15.0 Å². The number of amides is 1. The second-order valence-corrected chi connectivity index (χ2v) is 4.71. The average molecular weight is 264 g/mol. The predicted octanol–water partition coefficient (Wildman–Crippen LogP) is 1.56. The third-order valence-corrected chi connectivity index (χ3v) is 3.28. The molecule has 0 unspecified atom stereocenters. The smallest absolute Gasteiger partial charge is 0.352 e. The van der Waals surface area contributed by atoms with Crippen molar-refractivity contribution in [3.63, 3.8) is 0 Å². The number of nitrogens with zero attached hydrogens (tertiary/aromatic N) is 1. The lowest BCUT2D eigenvalue weighted by molar-refractivity contribution is -0.121. The van der Waals surface area contributed by atoms with E-state index >= 15 is 0 Å². The van der Waals surface area contributed by atoms with E-state index in [1.54, 1.807) is 23.6 Å². The molecule has 5 nitrogen and oxygen atoms in total. The Morgan fingerprint density at radius 3 is 2.83 bits per heavy atom. The largest absolute Gasteiger partial charge is 0.477 e. The summed E-state index contributed by atoms with van der Waals surface area (Å²) in [7, 11) is 0. The van der Waals surface area contributed by atoms with Crippen LogP contribution in [0, 0.1) is 0 Å². The Kier molecular flexibility index (Phi) is 3.78. The van der Waals surface area contributed by atoms with Gasteiger partial charge in [-0.3, -0.25) is 4.79 Å². The molecule has 0 atom stereocenters. The highest BCUT2D eigenvalue weighted by Gasteiger charge is 2.11. The van der Waals surface area contributed by atoms with Crippen molar-refractivity contribution in [3.8, 4) is 0 Å². The summed E-state index contributed by atoms with van der Waals surface area (Å²) in [6, 6.07) is 6.93. The van der Waals surface area contributed by atoms with Gasteiger partial charge in [0.15, 0.2) is 0 Å². The Labute approximate surface area is 108 Å². The van der Waals surface area contributed by atoms with Gasteiger partial charge in [0.1, 0.15) is 12.2 Å². The summed E-state index contributed by atoms with van der Waals surface area (Å²) in [6.45, 7) is 0.486. The lowest BCUT2D eigenvalue weighted by Gasteiger charge is -2.06. The third kappa shape index (κ3) is 2.98. The number of carbonyl (C=O) groups excluding carboxylic acids is 1. The molecule has 1 amide bonds. The molecule has 0 aromatic carbocycles. The van der Waals surface area contributed by atoms with E-state index in [1.165, 1.54) is 10.6 Å². The Bertz CT molecular complexity index is 545. The summed E-state index contributed by atoms with van der Waals surface area (Å²) < 4.78 is 1.41. The molecule has 2 N–H and O–H groups in total. The quantitative estimate of drug-likeness (QED) is 0.861. The number of aromatic nitrogens is 1. The zero-order valence-electron chi connectivity index (χ0n) is 9.50. The molecule has 18 heavy (non-hydrogen) atoms. The molecule has 2 aromatic heterocycles. The highest BCUT2D eigenvalue weighted by atomic mass is 32.1. The second kappa shape index (κ2) is 5.50. The van der Waals surface area contributed by atoms with Gasteiger partial charge in [-0.05, 0) is 23.6 Å². The Morgan fingerprint density at radius 2 is 2.17 bits per heavy atom. The van der Waals surface area contributed by atoms with Crippen LogP contribution in [-0.2, 0) is 17.9 Å². The van der Waals surface area contributed by atoms with E-state index < -0.39 is 5.97 Å². The molecule has 2 rings (SSSR count). The molecule has 0 aliphatic rings. The van der Waals surface area contributed by atoms with Crippen molar-refractivity contribution in [2.45, 2.75) is 13.1 Å². The van der Waals surface area contributed by atoms with E-state index in [1.807, 2.05) is 17.5 Å². The van der Waals surface area contributed by atoms with Gasteiger partial charge >= 0.3 is 5.97 Å². The number of carboxylic acid groups (broad SMARTS) is 1. The van der Waals surface area contributed by atoms with Crippen molar-refractivity contribution in [1.82, 2.24) is 9.88 Å². The Hall–Kier alpha value is -2.08. The van der Waals surface area contributed by atoms with Gasteiger partial charge in [-0.15, -0.1) is 11.3 Å². The summed E-state index contributed by atoms with van der Waals surface area (Å²) in [6.07, 6.45) is 1.58. The van der Waals surface area contributed by atoms with E-state index in [9.17, 15) is 9.59 Å². The zero-order chi connectivity index (χ0) is 13.0. The fraction of sp³-hybridized carbons (Fsp3) is 0.167. The molecule has 0 fully saturated rings. The van der Waals surface area contributed by atoms with Crippen LogP contribution in [-0.4, -0.2) is 21.6 Å². The number of hydrogen-bond donors (Lipinski definition) is 2. The fourth-order valence-corrected chi connectivity index (χ4v) is 2.20. The minimum Gasteiger partial charge on any atom is -0.477 e. The number of hydrogen-bond acceptors (Lipinski definition) is 3. The van der Waals surface area contributed by atoms with Gasteiger partial charge in [-0.2, -0.15) is 0 Å². The van der Waals surface area contributed by atoms with Crippen molar-refractivity contribution in [2.75, 3.05) is 0 Å². The van der Waals surface area contributed by atoms with Crippen LogP contribution in [0.1, 0.15) is 15.4 Å². The van der Waals surface area contributed by atoms with Gasteiger partial charge in [-0.25, -0.2) is 4.79 Å². The summed E-state index contributed by atoms with van der Waals surface area (Å²) in [4.78, 5) is 23.6. The van der Waals surface area contributed by atoms with Crippen molar-refractivity contribution < 1.29 is 14.7 Å². The van der Waals surface area contributed by atoms with E-state index in [0.29, 0.717) is 6.54 Å². The number of carbonyl (C=O) groups is 2. The van der Waals surface area contributed by atoms with Crippen LogP contribution in [0.5, 0.6) is 0 Å². The standard InChI is InChI=1S/C12H12N2O3S/c15-11(13-7-9-3-2-6-18-9)8-14-5-1-4-10(14)12(16)17/h1-6H,7-8H2,(H,13,15)(H,16,17). The van der Waals surface area contributed by atoms with Gasteiger partial charge in [0.25, 0.3) is 0 Å². The number of aromatic carboxylic acids is 1. The summed E-state index contributed by atoms with van der Waals surface area (Å²) in [5.74, 6) is -1.24. The minimum absolute atomic E-state index is 0.0139. The van der Waals surface area contributed by atoms with Gasteiger partial charge in [0.05, 0.1) is 6.54 Å². The highest BCUT2D eigenvalue weighted by molar-refractivity contribution is 7.09. The lowest BCUT2D eigenvalue weighted by atomic mass is 10.4. The topological polar surface area (TPSA) is 71.3 Å². The molecule has 0 bridgehead atoms. The van der Waals surface area contributed by atoms with Crippen LogP contribution >= 0.6 is 11.3 Å². The normalized spacial score (nSPS) is 10.2. The monoisotopic (exact) mass is 264 g/mol. The number of nitrogens with one attached hydrogen (secondary N) is 1. The first-order valence-electron chi connectivity index (χ1n) is 5.34. The number of rotatable bonds is 5. The Morgan fingerprint density at radius 1 is 1.33 bits per heavy atom. The first kappa shape index (κ1) is 12.4. The lowest BCUT2D eigenvalue weighted by Crippen LogP contribution is -2.27. The van der Waals surface area contributed by atoms with Gasteiger partial charge in [-0.1, -0.05) is 6.07 Å². The molecule has 2 aromatic rings. The van der Waals surface area contributed by atoms with Crippen molar-refractivity contribution >= 4 is 23.2 Å². The van der Waals surface area contributed by atoms with Crippen LogP contribution in [0.3, 0.4) is 0 Å². The zero-order valence-corrected chi connectivity index (χ0v) is 10.3. The maximum absolute atomic E-state index is 11.7. The highest BCUT2D eigenvalue weighted by Crippen LogP contribution is 2.07. The van der Waals surface area contributed by atoms with E-state index in [2.05, 4.69) is 5.32 Å². The summed E-state index contributed by atoms with van der Waals surface area (Å²) in [5, 5.41) is 13.6. The van der Waals surface area contributed by atoms with Gasteiger partial charge in [0.2, 0.25) is 5.91 Å². The average Bonchev–Trinajstić information content (AvgIpc) is 2.96. The maximum Gasteiger partial charge on any atom is 0.352 e. The number of carboxylic acids is 1. The van der Waals surface area contributed by atoms with E-state index in [0.717, 1.165) is 4.88 Å². The fourth-order valence-electron chi connectivity index (χ4n) is 1.56. The molecule has 0 aliphatic heterocycles. The van der Waals surface area contributed by atoms with Crippen LogP contribution in [0.15, 0.2) is 35.8 Å². The molecule has 0 aliphatic carbocycles. The van der Waals surface area contributed by atoms with Gasteiger partial charge in [0, 0.05) is 11.1 Å². The van der Waals surface area contributed by atoms with Crippen molar-refractivity contribution in [1.29, 1.82) is 0 Å². The molecule has 6 heteroatoms. The first-order valence-corrected chi connectivity index (χ1v) is 6.22. The molecular formula is C12H12N2O3S. The molecule has 0 saturated heterocycles. The molecule has 94 valence electrons. The SMILES string of the molecule is O=C(Cn1cccc1C(=O)O)NCc1cccs1. The molecule has 0 saturated carbocycles. The van der Waals surface area contributed by atoms with Crippen LogP contribution < -0.4 is 5.32 Å². The van der Waals surface area contributed by atoms with Crippen LogP contribution in [0.25, 0.3) is 0 Å². The minimum atomic E-state index is -1.04. The first-order chi connectivity index (χ1) is 8.66. The summed E-state index contributed by atoms with van der Waals surface area (Å²) in [5.41, 5.74) is 0.112. The third-order valence-electron chi connectivity index (χ3n) is 2.40. The molecular weight excluding hydrogens is 252 g/mol. The summed E-state index contributed by atoms with van der Waals surface area (Å²) >= 11 is 1.57. The maximum atomic E-state index is 11.7. The number of thiophene rings is 1. The molecule has 0 radical (unpaired) electrons. The molecule has 0 spiro atoms. The van der Waals surface area contributed by atoms with E-state index in [-0.39, 0.29) is 18.1 Å². The second-order valence-electron chi connectivity index (χ2n) is 3.68. The predicted molar refractivity (Wildman–Crippen MR) is 67.6 cm³/mol. The van der Waals surface area contributed by atoms with E-state index in [4.69, 9.17) is 5.11 Å². The molecule has 2 heterocycles. The van der Waals surface area contributed by atoms with Crippen molar-refractivity contribution in [2.24, 2.45) is 0 Å². The van der Waals surface area contributed by atoms with Crippen molar-refractivity contribution in [3.05, 3.63) is 46.4 Å². The Balaban J connectivity index is 1.91.